The Bertz CT molecular complexity index is 707. The monoisotopic (exact) mass is 293 g/mol. The zero-order valence-corrected chi connectivity index (χ0v) is 11.5. The van der Waals surface area contributed by atoms with Crippen LogP contribution in [0.4, 0.5) is 8.78 Å². The molecule has 110 valence electrons. The molecule has 1 aromatic carbocycles. The van der Waals surface area contributed by atoms with Crippen LogP contribution in [0.15, 0.2) is 30.3 Å². The zero-order chi connectivity index (χ0) is 15.6. The van der Waals surface area contributed by atoms with Gasteiger partial charge in [0.25, 0.3) is 0 Å². The van der Waals surface area contributed by atoms with E-state index < -0.39 is 35.6 Å². The number of carbonyl (C=O) groups is 2. The average Bonchev–Trinajstić information content (AvgIpc) is 2.78. The lowest BCUT2D eigenvalue weighted by molar-refractivity contribution is 0.0464. The van der Waals surface area contributed by atoms with Crippen molar-refractivity contribution >= 4 is 11.8 Å². The summed E-state index contributed by atoms with van der Waals surface area (Å²) in [6.45, 7) is 1.16. The van der Waals surface area contributed by atoms with Gasteiger partial charge in [0, 0.05) is 12.7 Å². The van der Waals surface area contributed by atoms with Gasteiger partial charge in [-0.2, -0.15) is 0 Å². The molecule has 2 aromatic rings. The summed E-state index contributed by atoms with van der Waals surface area (Å²) >= 11 is 0. The van der Waals surface area contributed by atoms with Crippen LogP contribution >= 0.6 is 0 Å². The second kappa shape index (κ2) is 5.87. The molecule has 0 saturated heterocycles. The minimum Gasteiger partial charge on any atom is -0.453 e. The van der Waals surface area contributed by atoms with Gasteiger partial charge in [0.05, 0.1) is 5.56 Å². The Kier molecular flexibility index (Phi) is 4.16. The molecule has 0 N–H and O–H groups in total. The Labute approximate surface area is 120 Å². The summed E-state index contributed by atoms with van der Waals surface area (Å²) in [6.07, 6.45) is 0. The van der Waals surface area contributed by atoms with E-state index in [4.69, 9.17) is 4.74 Å². The predicted molar refractivity (Wildman–Crippen MR) is 71.1 cm³/mol. The predicted octanol–water partition coefficient (Wildman–Crippen LogP) is 2.65. The minimum absolute atomic E-state index is 0.278. The number of aromatic nitrogens is 1. The average molecular weight is 293 g/mol. The third kappa shape index (κ3) is 3.16. The smallest absolute Gasteiger partial charge is 0.355 e. The fourth-order valence-corrected chi connectivity index (χ4v) is 1.81. The van der Waals surface area contributed by atoms with Gasteiger partial charge in [-0.3, -0.25) is 4.79 Å². The van der Waals surface area contributed by atoms with Gasteiger partial charge >= 0.3 is 5.97 Å². The van der Waals surface area contributed by atoms with Gasteiger partial charge in [0.15, 0.2) is 6.61 Å². The fraction of sp³-hybridized carbons (Fsp3) is 0.200. The first kappa shape index (κ1) is 14.9. The van der Waals surface area contributed by atoms with Crippen molar-refractivity contribution in [2.45, 2.75) is 6.92 Å². The molecule has 0 aliphatic carbocycles. The van der Waals surface area contributed by atoms with Crippen LogP contribution < -0.4 is 0 Å². The molecule has 0 aliphatic rings. The number of halogens is 2. The number of Topliss-reactive ketones (excluding diaryl/α,β-unsaturated/α-hetero) is 1. The highest BCUT2D eigenvalue weighted by Crippen LogP contribution is 2.12. The fourth-order valence-electron chi connectivity index (χ4n) is 1.81. The number of aryl methyl sites for hydroxylation is 1. The molecule has 2 rings (SSSR count). The van der Waals surface area contributed by atoms with Crippen molar-refractivity contribution in [3.05, 3.63) is 58.9 Å². The molecule has 0 saturated carbocycles. The molecule has 6 heteroatoms. The number of carbonyl (C=O) groups excluding carboxylic acids is 2. The van der Waals surface area contributed by atoms with Crippen molar-refractivity contribution in [2.75, 3.05) is 6.61 Å². The van der Waals surface area contributed by atoms with Gasteiger partial charge in [-0.1, -0.05) is 0 Å². The number of hydrogen-bond acceptors (Lipinski definition) is 3. The molecule has 0 amide bonds. The van der Waals surface area contributed by atoms with Crippen LogP contribution in [-0.2, 0) is 11.8 Å². The standard InChI is InChI=1S/C15H13F2NO3/c1-9-3-6-13(18(9)2)15(20)21-8-14(19)11-7-10(16)4-5-12(11)17/h3-7H,8H2,1-2H3. The first-order valence-corrected chi connectivity index (χ1v) is 6.18. The van der Waals surface area contributed by atoms with Gasteiger partial charge in [-0.15, -0.1) is 0 Å². The lowest BCUT2D eigenvalue weighted by Crippen LogP contribution is -2.17. The summed E-state index contributed by atoms with van der Waals surface area (Å²) in [5.41, 5.74) is 0.690. The van der Waals surface area contributed by atoms with E-state index >= 15 is 0 Å². The zero-order valence-electron chi connectivity index (χ0n) is 11.5. The first-order chi connectivity index (χ1) is 9.90. The van der Waals surface area contributed by atoms with Crippen LogP contribution in [0.3, 0.4) is 0 Å². The molecule has 1 heterocycles. The molecule has 0 spiro atoms. The van der Waals surface area contributed by atoms with Gasteiger partial charge in [0.1, 0.15) is 17.3 Å². The van der Waals surface area contributed by atoms with Crippen molar-refractivity contribution in [1.29, 1.82) is 0 Å². The molecule has 21 heavy (non-hydrogen) atoms. The SMILES string of the molecule is Cc1ccc(C(=O)OCC(=O)c2cc(F)ccc2F)n1C. The van der Waals surface area contributed by atoms with Crippen LogP contribution in [0.1, 0.15) is 26.5 Å². The molecule has 1 aromatic heterocycles. The maximum absolute atomic E-state index is 13.4. The van der Waals surface area contributed by atoms with Gasteiger partial charge < -0.3 is 9.30 Å². The van der Waals surface area contributed by atoms with E-state index in [1.54, 1.807) is 23.7 Å². The Morgan fingerprint density at radius 3 is 2.52 bits per heavy atom. The van der Waals surface area contributed by atoms with Gasteiger partial charge in [-0.05, 0) is 37.3 Å². The summed E-state index contributed by atoms with van der Waals surface area (Å²) in [7, 11) is 1.68. The maximum Gasteiger partial charge on any atom is 0.355 e. The van der Waals surface area contributed by atoms with Crippen LogP contribution in [0.25, 0.3) is 0 Å². The number of esters is 1. The van der Waals surface area contributed by atoms with Crippen LogP contribution in [0.5, 0.6) is 0 Å². The summed E-state index contributed by atoms with van der Waals surface area (Å²) in [4.78, 5) is 23.6. The lowest BCUT2D eigenvalue weighted by atomic mass is 10.1. The molecule has 0 unspecified atom stereocenters. The molecule has 4 nitrogen and oxygen atoms in total. The summed E-state index contributed by atoms with van der Waals surface area (Å²) < 4.78 is 32.8. The minimum atomic E-state index is -0.854. The largest absolute Gasteiger partial charge is 0.453 e. The van der Waals surface area contributed by atoms with Crippen molar-refractivity contribution < 1.29 is 23.1 Å². The van der Waals surface area contributed by atoms with E-state index in [1.807, 2.05) is 6.92 Å². The second-order valence-corrected chi connectivity index (χ2v) is 4.54. The van der Waals surface area contributed by atoms with Gasteiger partial charge in [0.2, 0.25) is 5.78 Å². The molecular weight excluding hydrogens is 280 g/mol. The Morgan fingerprint density at radius 1 is 1.19 bits per heavy atom. The van der Waals surface area contributed by atoms with E-state index in [2.05, 4.69) is 0 Å². The molecule has 0 radical (unpaired) electrons. The summed E-state index contributed by atoms with van der Waals surface area (Å²) in [6, 6.07) is 5.82. The Hall–Kier alpha value is -2.50. The highest BCUT2D eigenvalue weighted by molar-refractivity contribution is 5.99. The molecule has 0 fully saturated rings. The summed E-state index contributed by atoms with van der Waals surface area (Å²) in [5, 5.41) is 0. The van der Waals surface area contributed by atoms with Crippen molar-refractivity contribution in [2.24, 2.45) is 7.05 Å². The Balaban J connectivity index is 2.06. The van der Waals surface area contributed by atoms with Gasteiger partial charge in [-0.25, -0.2) is 13.6 Å². The normalized spacial score (nSPS) is 10.5. The number of rotatable bonds is 4. The number of nitrogens with zero attached hydrogens (tertiary/aromatic N) is 1. The van der Waals surface area contributed by atoms with E-state index in [1.165, 1.54) is 0 Å². The van der Waals surface area contributed by atoms with E-state index in [-0.39, 0.29) is 5.69 Å². The number of ketones is 1. The van der Waals surface area contributed by atoms with E-state index in [0.29, 0.717) is 0 Å². The third-order valence-corrected chi connectivity index (χ3v) is 3.15. The quantitative estimate of drug-likeness (QED) is 0.643. The van der Waals surface area contributed by atoms with Crippen LogP contribution in [0, 0.1) is 18.6 Å². The van der Waals surface area contributed by atoms with E-state index in [9.17, 15) is 18.4 Å². The molecule has 0 atom stereocenters. The lowest BCUT2D eigenvalue weighted by Gasteiger charge is -2.07. The van der Waals surface area contributed by atoms with E-state index in [0.717, 1.165) is 23.9 Å². The molecular formula is C15H13F2NO3. The molecule has 0 bridgehead atoms. The van der Waals surface area contributed by atoms with Crippen molar-refractivity contribution in [3.63, 3.8) is 0 Å². The first-order valence-electron chi connectivity index (χ1n) is 6.18. The maximum atomic E-state index is 13.4. The number of hydrogen-bond donors (Lipinski definition) is 0. The second-order valence-electron chi connectivity index (χ2n) is 4.54. The van der Waals surface area contributed by atoms with Crippen molar-refractivity contribution in [1.82, 2.24) is 4.57 Å². The number of benzene rings is 1. The third-order valence-electron chi connectivity index (χ3n) is 3.15. The Morgan fingerprint density at radius 2 is 1.90 bits per heavy atom. The highest BCUT2D eigenvalue weighted by atomic mass is 19.1. The highest BCUT2D eigenvalue weighted by Gasteiger charge is 2.17. The van der Waals surface area contributed by atoms with Crippen molar-refractivity contribution in [3.8, 4) is 0 Å². The topological polar surface area (TPSA) is 48.3 Å². The summed E-state index contributed by atoms with van der Waals surface area (Å²) in [5.74, 6) is -3.08. The molecule has 0 aliphatic heterocycles. The van der Waals surface area contributed by atoms with Crippen LogP contribution in [-0.4, -0.2) is 22.9 Å². The van der Waals surface area contributed by atoms with Crippen LogP contribution in [0.2, 0.25) is 0 Å². The number of ether oxygens (including phenoxy) is 1.